The van der Waals surface area contributed by atoms with Crippen LogP contribution in [0.15, 0.2) is 0 Å². The number of piperidine rings is 1. The molecule has 0 aromatic rings. The highest BCUT2D eigenvalue weighted by atomic mass is 19.4. The standard InChI is InChI=1S/C14H23F3N2O3/c1-2-6-19(10-14(15,16)17)13(22)11-4-3-7-18(9-11)8-5-12(20)21/h11H,2-10H2,1H3,(H,20,21)/t11-/m1/s1. The molecule has 128 valence electrons. The number of hydrogen-bond acceptors (Lipinski definition) is 3. The summed E-state index contributed by atoms with van der Waals surface area (Å²) in [5, 5.41) is 8.68. The summed E-state index contributed by atoms with van der Waals surface area (Å²) in [6.45, 7) is 1.95. The molecule has 0 aromatic heterocycles. The first-order chi connectivity index (χ1) is 10.2. The Balaban J connectivity index is 2.62. The largest absolute Gasteiger partial charge is 0.481 e. The minimum Gasteiger partial charge on any atom is -0.481 e. The Morgan fingerprint density at radius 1 is 1.36 bits per heavy atom. The van der Waals surface area contributed by atoms with Gasteiger partial charge >= 0.3 is 12.1 Å². The highest BCUT2D eigenvalue weighted by Gasteiger charge is 2.36. The van der Waals surface area contributed by atoms with E-state index in [1.807, 2.05) is 4.90 Å². The van der Waals surface area contributed by atoms with Crippen molar-refractivity contribution in [2.45, 2.75) is 38.8 Å². The van der Waals surface area contributed by atoms with Gasteiger partial charge in [0.05, 0.1) is 12.3 Å². The molecule has 1 saturated heterocycles. The zero-order valence-electron chi connectivity index (χ0n) is 12.7. The highest BCUT2D eigenvalue weighted by Crippen LogP contribution is 2.22. The van der Waals surface area contributed by atoms with Crippen LogP contribution in [0.5, 0.6) is 0 Å². The van der Waals surface area contributed by atoms with Crippen molar-refractivity contribution in [1.29, 1.82) is 0 Å². The zero-order valence-corrected chi connectivity index (χ0v) is 12.7. The van der Waals surface area contributed by atoms with Gasteiger partial charge in [0.25, 0.3) is 0 Å². The van der Waals surface area contributed by atoms with Crippen LogP contribution in [0.1, 0.15) is 32.6 Å². The fourth-order valence-electron chi connectivity index (χ4n) is 2.73. The molecule has 1 atom stereocenters. The van der Waals surface area contributed by atoms with Crippen molar-refractivity contribution in [3.63, 3.8) is 0 Å². The van der Waals surface area contributed by atoms with E-state index < -0.39 is 30.5 Å². The molecule has 8 heteroatoms. The molecule has 0 spiro atoms. The molecule has 22 heavy (non-hydrogen) atoms. The van der Waals surface area contributed by atoms with E-state index in [-0.39, 0.29) is 13.0 Å². The van der Waals surface area contributed by atoms with Crippen LogP contribution in [0, 0.1) is 5.92 Å². The van der Waals surface area contributed by atoms with Crippen molar-refractivity contribution in [2.24, 2.45) is 5.92 Å². The van der Waals surface area contributed by atoms with E-state index in [9.17, 15) is 22.8 Å². The van der Waals surface area contributed by atoms with Gasteiger partial charge in [0.1, 0.15) is 6.54 Å². The molecule has 1 fully saturated rings. The number of carboxylic acids is 1. The van der Waals surface area contributed by atoms with Crippen LogP contribution in [0.3, 0.4) is 0 Å². The van der Waals surface area contributed by atoms with Crippen LogP contribution in [0.25, 0.3) is 0 Å². The lowest BCUT2D eigenvalue weighted by Crippen LogP contribution is -2.48. The second kappa shape index (κ2) is 8.36. The Bertz CT molecular complexity index is 388. The molecule has 0 unspecified atom stereocenters. The molecule has 0 saturated carbocycles. The first kappa shape index (κ1) is 18.7. The fraction of sp³-hybridized carbons (Fsp3) is 0.857. The van der Waals surface area contributed by atoms with Crippen molar-refractivity contribution >= 4 is 11.9 Å². The number of nitrogens with zero attached hydrogens (tertiary/aromatic N) is 2. The molecule has 0 aromatic carbocycles. The Kier molecular flexibility index (Phi) is 7.12. The van der Waals surface area contributed by atoms with E-state index in [2.05, 4.69) is 0 Å². The van der Waals surface area contributed by atoms with E-state index in [0.717, 1.165) is 4.90 Å². The first-order valence-corrected chi connectivity index (χ1v) is 7.52. The minimum atomic E-state index is -4.40. The maximum absolute atomic E-state index is 12.6. The first-order valence-electron chi connectivity index (χ1n) is 7.52. The van der Waals surface area contributed by atoms with Crippen LogP contribution >= 0.6 is 0 Å². The Morgan fingerprint density at radius 3 is 2.59 bits per heavy atom. The molecule has 5 nitrogen and oxygen atoms in total. The molecule has 0 radical (unpaired) electrons. The maximum Gasteiger partial charge on any atom is 0.406 e. The molecule has 1 amide bonds. The van der Waals surface area contributed by atoms with Gasteiger partial charge in [-0.05, 0) is 25.8 Å². The third-order valence-corrected chi connectivity index (χ3v) is 3.67. The summed E-state index contributed by atoms with van der Waals surface area (Å²) in [5.74, 6) is -1.87. The second-order valence-electron chi connectivity index (χ2n) is 5.66. The van der Waals surface area contributed by atoms with Crippen LogP contribution in [-0.2, 0) is 9.59 Å². The molecule has 1 heterocycles. The van der Waals surface area contributed by atoms with Crippen LogP contribution in [0.4, 0.5) is 13.2 Å². The van der Waals surface area contributed by atoms with E-state index in [4.69, 9.17) is 5.11 Å². The molecule has 1 N–H and O–H groups in total. The van der Waals surface area contributed by atoms with Gasteiger partial charge in [-0.3, -0.25) is 9.59 Å². The number of likely N-dealkylation sites (tertiary alicyclic amines) is 1. The van der Waals surface area contributed by atoms with Gasteiger partial charge in [0, 0.05) is 19.6 Å². The van der Waals surface area contributed by atoms with Crippen molar-refractivity contribution in [3.8, 4) is 0 Å². The number of carboxylic acid groups (broad SMARTS) is 1. The minimum absolute atomic E-state index is 0.0257. The second-order valence-corrected chi connectivity index (χ2v) is 5.66. The highest BCUT2D eigenvalue weighted by molar-refractivity contribution is 5.79. The van der Waals surface area contributed by atoms with Crippen molar-refractivity contribution in [2.75, 3.05) is 32.7 Å². The predicted molar refractivity (Wildman–Crippen MR) is 74.3 cm³/mol. The normalized spacial score (nSPS) is 19.9. The molecular formula is C14H23F3N2O3. The zero-order chi connectivity index (χ0) is 16.8. The summed E-state index contributed by atoms with van der Waals surface area (Å²) in [6, 6.07) is 0. The summed E-state index contributed by atoms with van der Waals surface area (Å²) in [5.41, 5.74) is 0. The van der Waals surface area contributed by atoms with E-state index in [1.54, 1.807) is 6.92 Å². The topological polar surface area (TPSA) is 60.9 Å². The fourth-order valence-corrected chi connectivity index (χ4v) is 2.73. The third-order valence-electron chi connectivity index (χ3n) is 3.67. The van der Waals surface area contributed by atoms with Crippen LogP contribution in [0.2, 0.25) is 0 Å². The predicted octanol–water partition coefficient (Wildman–Crippen LogP) is 1.97. The summed E-state index contributed by atoms with van der Waals surface area (Å²) < 4.78 is 37.7. The number of aliphatic carboxylic acids is 1. The number of amides is 1. The SMILES string of the molecule is CCCN(CC(F)(F)F)C(=O)[C@@H]1CCCN(CCC(=O)O)C1. The number of rotatable bonds is 7. The number of carbonyl (C=O) groups is 2. The molecule has 1 rings (SSSR count). The van der Waals surface area contributed by atoms with Crippen molar-refractivity contribution < 1.29 is 27.9 Å². The molecule has 0 bridgehead atoms. The Hall–Kier alpha value is -1.31. The van der Waals surface area contributed by atoms with Gasteiger partial charge < -0.3 is 14.9 Å². The average Bonchev–Trinajstić information content (AvgIpc) is 2.43. The van der Waals surface area contributed by atoms with Gasteiger partial charge in [-0.25, -0.2) is 0 Å². The number of hydrogen-bond donors (Lipinski definition) is 1. The average molecular weight is 324 g/mol. The van der Waals surface area contributed by atoms with Gasteiger partial charge in [0.2, 0.25) is 5.91 Å². The lowest BCUT2D eigenvalue weighted by molar-refractivity contribution is -0.164. The summed E-state index contributed by atoms with van der Waals surface area (Å²) in [4.78, 5) is 25.6. The van der Waals surface area contributed by atoms with Gasteiger partial charge in [0.15, 0.2) is 0 Å². The van der Waals surface area contributed by atoms with E-state index in [0.29, 0.717) is 38.9 Å². The maximum atomic E-state index is 12.6. The molecule has 1 aliphatic rings. The van der Waals surface area contributed by atoms with Gasteiger partial charge in [-0.2, -0.15) is 13.2 Å². The van der Waals surface area contributed by atoms with Crippen LogP contribution in [-0.4, -0.2) is 65.7 Å². The third kappa shape index (κ3) is 6.64. The Morgan fingerprint density at radius 2 is 2.05 bits per heavy atom. The molecular weight excluding hydrogens is 301 g/mol. The van der Waals surface area contributed by atoms with Gasteiger partial charge in [-0.1, -0.05) is 6.92 Å². The van der Waals surface area contributed by atoms with E-state index in [1.165, 1.54) is 0 Å². The quantitative estimate of drug-likeness (QED) is 0.778. The molecule has 1 aliphatic heterocycles. The van der Waals surface area contributed by atoms with Crippen molar-refractivity contribution in [1.82, 2.24) is 9.80 Å². The van der Waals surface area contributed by atoms with Crippen molar-refractivity contribution in [3.05, 3.63) is 0 Å². The monoisotopic (exact) mass is 324 g/mol. The smallest absolute Gasteiger partial charge is 0.406 e. The summed E-state index contributed by atoms with van der Waals surface area (Å²) in [6.07, 6.45) is -2.70. The Labute approximate surface area is 128 Å². The molecule has 0 aliphatic carbocycles. The summed E-state index contributed by atoms with van der Waals surface area (Å²) >= 11 is 0. The summed E-state index contributed by atoms with van der Waals surface area (Å²) in [7, 11) is 0. The van der Waals surface area contributed by atoms with E-state index >= 15 is 0 Å². The number of halogens is 3. The van der Waals surface area contributed by atoms with Gasteiger partial charge in [-0.15, -0.1) is 0 Å². The number of alkyl halides is 3. The van der Waals surface area contributed by atoms with Crippen LogP contribution < -0.4 is 0 Å². The number of carbonyl (C=O) groups excluding carboxylic acids is 1. The lowest BCUT2D eigenvalue weighted by Gasteiger charge is -2.35. The lowest BCUT2D eigenvalue weighted by atomic mass is 9.96.